The molecule has 2 aromatic rings. The Morgan fingerprint density at radius 3 is 2.38 bits per heavy atom. The molecule has 0 unspecified atom stereocenters. The van der Waals surface area contributed by atoms with Gasteiger partial charge >= 0.3 is 10.8 Å². The lowest BCUT2D eigenvalue weighted by atomic mass is 9.68. The average Bonchev–Trinajstić information content (AvgIpc) is 3.52. The minimum atomic E-state index is -1.17. The standard InChI is InChI=1S/C24H25N3O5S2/c1-9(23(30)31)27-21(28)16-12-8-13(17(16)22(27)29)18-15(12)14(19-20(33-18)25-24(32)34-19)10-4-6-11(7-5-10)26(2)3/h4-7,9,12-18H,8H2,1-3H3,(H,25,32)(H,30,31)/t9-,12-,13-,14-,15+,16+,17-,18-/m1/s1. The van der Waals surface area contributed by atoms with Crippen molar-refractivity contribution in [3.8, 4) is 0 Å². The Hall–Kier alpha value is -2.59. The number of fused-ring (bicyclic) bond motifs is 9. The smallest absolute Gasteiger partial charge is 0.326 e. The maximum absolute atomic E-state index is 13.4. The van der Waals surface area contributed by atoms with Gasteiger partial charge in [-0.1, -0.05) is 23.5 Å². The summed E-state index contributed by atoms with van der Waals surface area (Å²) in [4.78, 5) is 57.6. The van der Waals surface area contributed by atoms with Gasteiger partial charge in [-0.3, -0.25) is 19.3 Å². The number of carboxylic acids is 1. The minimum absolute atomic E-state index is 0.00690. The number of aromatic nitrogens is 1. The van der Waals surface area contributed by atoms with Gasteiger partial charge in [0.1, 0.15) is 6.04 Å². The summed E-state index contributed by atoms with van der Waals surface area (Å²) in [5, 5.41) is 10.4. The first-order valence-corrected chi connectivity index (χ1v) is 13.1. The molecular formula is C24H25N3O5S2. The number of imide groups is 1. The number of amides is 2. The maximum atomic E-state index is 13.4. The number of anilines is 1. The van der Waals surface area contributed by atoms with Gasteiger partial charge in [-0.25, -0.2) is 4.79 Å². The van der Waals surface area contributed by atoms with Crippen LogP contribution in [0.2, 0.25) is 0 Å². The van der Waals surface area contributed by atoms with E-state index in [1.165, 1.54) is 18.3 Å². The third kappa shape index (κ3) is 2.84. The molecule has 2 bridgehead atoms. The van der Waals surface area contributed by atoms with Crippen molar-refractivity contribution in [2.45, 2.75) is 35.6 Å². The second-order valence-corrected chi connectivity index (χ2v) is 12.2. The molecule has 3 fully saturated rings. The molecule has 0 spiro atoms. The molecule has 2 saturated carbocycles. The lowest BCUT2D eigenvalue weighted by molar-refractivity contribution is -0.154. The van der Waals surface area contributed by atoms with E-state index >= 15 is 0 Å². The summed E-state index contributed by atoms with van der Waals surface area (Å²) in [5.41, 5.74) is 2.19. The van der Waals surface area contributed by atoms with Crippen LogP contribution in [0, 0.1) is 29.6 Å². The molecule has 1 aromatic heterocycles. The monoisotopic (exact) mass is 499 g/mol. The van der Waals surface area contributed by atoms with Crippen molar-refractivity contribution in [2.24, 2.45) is 29.6 Å². The van der Waals surface area contributed by atoms with Gasteiger partial charge in [0, 0.05) is 35.8 Å². The topological polar surface area (TPSA) is 111 Å². The fraction of sp³-hybridized carbons (Fsp3) is 0.500. The van der Waals surface area contributed by atoms with E-state index < -0.39 is 23.8 Å². The molecule has 10 heteroatoms. The van der Waals surface area contributed by atoms with Gasteiger partial charge in [-0.15, -0.1) is 11.8 Å². The number of thiazole rings is 1. The summed E-state index contributed by atoms with van der Waals surface area (Å²) in [6.45, 7) is 1.40. The summed E-state index contributed by atoms with van der Waals surface area (Å²) < 4.78 is 0. The van der Waals surface area contributed by atoms with E-state index in [0.717, 1.165) is 32.5 Å². The Morgan fingerprint density at radius 1 is 1.12 bits per heavy atom. The van der Waals surface area contributed by atoms with E-state index in [9.17, 15) is 24.3 Å². The first-order chi connectivity index (χ1) is 16.2. The fourth-order valence-corrected chi connectivity index (χ4v) is 9.77. The highest BCUT2D eigenvalue weighted by molar-refractivity contribution is 8.00. The van der Waals surface area contributed by atoms with Crippen LogP contribution in [0.4, 0.5) is 5.69 Å². The SMILES string of the molecule is C[C@H](C(=O)O)N1C(=O)[C@@H]2[C@H]3C[C@@H]([C@@H]2C1=O)[C@H]1[C@@H](c2ccc(N(C)C)cc2)c2sc(=O)[nH]c2S[C@H]31. The van der Waals surface area contributed by atoms with Gasteiger partial charge in [-0.2, -0.15) is 0 Å². The van der Waals surface area contributed by atoms with Crippen molar-refractivity contribution in [1.29, 1.82) is 0 Å². The Bertz CT molecular complexity index is 1270. The second-order valence-electron chi connectivity index (χ2n) is 10.0. The van der Waals surface area contributed by atoms with Crippen LogP contribution in [-0.2, 0) is 14.4 Å². The van der Waals surface area contributed by atoms with E-state index in [0.29, 0.717) is 0 Å². The van der Waals surface area contributed by atoms with Crippen molar-refractivity contribution in [1.82, 2.24) is 9.88 Å². The molecule has 3 heterocycles. The van der Waals surface area contributed by atoms with Gasteiger partial charge in [0.05, 0.1) is 16.9 Å². The van der Waals surface area contributed by atoms with Crippen LogP contribution in [0.3, 0.4) is 0 Å². The Morgan fingerprint density at radius 2 is 1.76 bits per heavy atom. The Balaban J connectivity index is 1.43. The van der Waals surface area contributed by atoms with Crippen molar-refractivity contribution >= 4 is 46.6 Å². The number of carboxylic acid groups (broad SMARTS) is 1. The van der Waals surface area contributed by atoms with Gasteiger partial charge in [-0.05, 0) is 48.8 Å². The van der Waals surface area contributed by atoms with Crippen molar-refractivity contribution < 1.29 is 19.5 Å². The van der Waals surface area contributed by atoms with E-state index in [1.807, 2.05) is 19.0 Å². The summed E-state index contributed by atoms with van der Waals surface area (Å²) in [7, 11) is 3.97. The number of hydrogen-bond donors (Lipinski definition) is 2. The van der Waals surface area contributed by atoms with Crippen LogP contribution in [-0.4, -0.2) is 58.2 Å². The number of aromatic amines is 1. The first-order valence-electron chi connectivity index (χ1n) is 11.5. The predicted molar refractivity (Wildman–Crippen MR) is 128 cm³/mol. The van der Waals surface area contributed by atoms with Crippen LogP contribution in [0.15, 0.2) is 34.1 Å². The number of carbonyl (C=O) groups is 3. The van der Waals surface area contributed by atoms with Crippen molar-refractivity contribution in [3.05, 3.63) is 44.4 Å². The summed E-state index contributed by atoms with van der Waals surface area (Å²) in [5.74, 6) is -2.73. The zero-order valence-electron chi connectivity index (χ0n) is 18.9. The second kappa shape index (κ2) is 7.45. The van der Waals surface area contributed by atoms with E-state index in [-0.39, 0.29) is 45.6 Å². The zero-order valence-corrected chi connectivity index (χ0v) is 20.6. The van der Waals surface area contributed by atoms with Crippen LogP contribution in [0.5, 0.6) is 0 Å². The van der Waals surface area contributed by atoms with Crippen LogP contribution < -0.4 is 9.77 Å². The number of H-pyrrole nitrogens is 1. The van der Waals surface area contributed by atoms with Crippen molar-refractivity contribution in [2.75, 3.05) is 19.0 Å². The number of thioether (sulfide) groups is 1. The highest BCUT2D eigenvalue weighted by Gasteiger charge is 2.70. The molecule has 1 aromatic carbocycles. The fourth-order valence-electron chi connectivity index (χ4n) is 6.89. The molecule has 2 amide bonds. The van der Waals surface area contributed by atoms with Gasteiger partial charge < -0.3 is 15.0 Å². The molecule has 2 N–H and O–H groups in total. The molecule has 1 saturated heterocycles. The van der Waals surface area contributed by atoms with Crippen molar-refractivity contribution in [3.63, 3.8) is 0 Å². The molecule has 8 atom stereocenters. The Labute approximate surface area is 204 Å². The molecule has 0 radical (unpaired) electrons. The molecule has 8 nitrogen and oxygen atoms in total. The summed E-state index contributed by atoms with van der Waals surface area (Å²) in [6.07, 6.45) is 0.788. The minimum Gasteiger partial charge on any atom is -0.480 e. The third-order valence-corrected chi connectivity index (χ3v) is 10.9. The lowest BCUT2D eigenvalue weighted by Gasteiger charge is -2.43. The van der Waals surface area contributed by atoms with Gasteiger partial charge in [0.25, 0.3) is 0 Å². The molecule has 4 aliphatic rings. The first kappa shape index (κ1) is 21.9. The maximum Gasteiger partial charge on any atom is 0.326 e. The number of hydrogen-bond acceptors (Lipinski definition) is 7. The Kier molecular flexibility index (Phi) is 4.80. The zero-order chi connectivity index (χ0) is 24.0. The predicted octanol–water partition coefficient (Wildman–Crippen LogP) is 2.45. The number of nitrogens with zero attached hydrogens (tertiary/aromatic N) is 2. The van der Waals surface area contributed by atoms with Crippen LogP contribution in [0.25, 0.3) is 0 Å². The average molecular weight is 500 g/mol. The highest BCUT2D eigenvalue weighted by Crippen LogP contribution is 2.68. The van der Waals surface area contributed by atoms with E-state index in [4.69, 9.17) is 0 Å². The molecule has 178 valence electrons. The number of likely N-dealkylation sites (tertiary alicyclic amines) is 1. The molecule has 2 aliphatic carbocycles. The normalized spacial score (nSPS) is 34.1. The molecule has 6 rings (SSSR count). The third-order valence-electron chi connectivity index (χ3n) is 8.27. The summed E-state index contributed by atoms with van der Waals surface area (Å²) in [6, 6.07) is 7.18. The van der Waals surface area contributed by atoms with E-state index in [1.54, 1.807) is 11.8 Å². The summed E-state index contributed by atoms with van der Waals surface area (Å²) >= 11 is 2.87. The molecule has 2 aliphatic heterocycles. The molecule has 34 heavy (non-hydrogen) atoms. The number of carbonyl (C=O) groups excluding carboxylic acids is 2. The van der Waals surface area contributed by atoms with Gasteiger partial charge in [0.15, 0.2) is 0 Å². The number of rotatable bonds is 4. The lowest BCUT2D eigenvalue weighted by Crippen LogP contribution is -2.44. The quantitative estimate of drug-likeness (QED) is 0.622. The largest absolute Gasteiger partial charge is 0.480 e. The van der Waals surface area contributed by atoms with E-state index in [2.05, 4.69) is 29.2 Å². The van der Waals surface area contributed by atoms with Crippen LogP contribution in [0.1, 0.15) is 29.7 Å². The highest BCUT2D eigenvalue weighted by atomic mass is 32.2. The number of benzene rings is 1. The molecular weight excluding hydrogens is 474 g/mol. The van der Waals surface area contributed by atoms with Gasteiger partial charge in [0.2, 0.25) is 11.8 Å². The number of nitrogens with one attached hydrogen (secondary N) is 1. The number of aliphatic carboxylic acids is 1. The van der Waals surface area contributed by atoms with Crippen LogP contribution >= 0.6 is 23.1 Å².